The van der Waals surface area contributed by atoms with Gasteiger partial charge in [0.2, 0.25) is 0 Å². The Bertz CT molecular complexity index is 500. The van der Waals surface area contributed by atoms with E-state index >= 15 is 0 Å². The van der Waals surface area contributed by atoms with Crippen molar-refractivity contribution in [1.82, 2.24) is 9.38 Å². The predicted octanol–water partition coefficient (Wildman–Crippen LogP) is 0.272. The molecule has 0 fully saturated rings. The molecule has 2 aromatic heterocycles. The highest BCUT2D eigenvalue weighted by Gasteiger charge is 2.13. The highest BCUT2D eigenvalue weighted by atomic mass is 32.2. The first-order chi connectivity index (χ1) is 8.26. The third-order valence-electron chi connectivity index (χ3n) is 2.37. The molecule has 0 radical (unpaired) electrons. The van der Waals surface area contributed by atoms with Crippen molar-refractivity contribution in [2.45, 2.75) is 17.7 Å². The SMILES string of the molecule is OCc1c(SCC(O)CO)nc2ccccn12. The second-order valence-corrected chi connectivity index (χ2v) is 4.61. The van der Waals surface area contributed by atoms with Crippen LogP contribution in [0.15, 0.2) is 29.4 Å². The Hall–Kier alpha value is -1.08. The first kappa shape index (κ1) is 12.4. The van der Waals surface area contributed by atoms with Gasteiger partial charge in [0.05, 0.1) is 25.0 Å². The second kappa shape index (κ2) is 5.50. The largest absolute Gasteiger partial charge is 0.394 e. The molecule has 0 aliphatic heterocycles. The molecule has 1 unspecified atom stereocenters. The van der Waals surface area contributed by atoms with Crippen LogP contribution >= 0.6 is 11.8 Å². The van der Waals surface area contributed by atoms with Crippen LogP contribution in [0.1, 0.15) is 5.69 Å². The van der Waals surface area contributed by atoms with Gasteiger partial charge in [0.15, 0.2) is 0 Å². The van der Waals surface area contributed by atoms with E-state index in [-0.39, 0.29) is 13.2 Å². The molecule has 92 valence electrons. The van der Waals surface area contributed by atoms with Crippen molar-refractivity contribution in [3.8, 4) is 0 Å². The highest BCUT2D eigenvalue weighted by Crippen LogP contribution is 2.24. The third kappa shape index (κ3) is 2.61. The lowest BCUT2D eigenvalue weighted by molar-refractivity contribution is 0.113. The number of pyridine rings is 1. The van der Waals surface area contributed by atoms with Crippen molar-refractivity contribution in [1.29, 1.82) is 0 Å². The van der Waals surface area contributed by atoms with Crippen LogP contribution in [0.3, 0.4) is 0 Å². The number of imidazole rings is 1. The monoisotopic (exact) mass is 254 g/mol. The Morgan fingerprint density at radius 3 is 2.88 bits per heavy atom. The Kier molecular flexibility index (Phi) is 4.01. The minimum absolute atomic E-state index is 0.108. The van der Waals surface area contributed by atoms with Crippen molar-refractivity contribution < 1.29 is 15.3 Å². The standard InChI is InChI=1S/C11H14N2O3S/c14-5-8(16)7-17-11-9(6-15)13-4-2-1-3-10(13)12-11/h1-4,8,14-16H,5-7H2. The van der Waals surface area contributed by atoms with Crippen LogP contribution in [0.4, 0.5) is 0 Å². The molecule has 0 saturated heterocycles. The number of aliphatic hydroxyl groups excluding tert-OH is 3. The predicted molar refractivity (Wildman–Crippen MR) is 64.9 cm³/mol. The fourth-order valence-electron chi connectivity index (χ4n) is 1.51. The normalized spacial score (nSPS) is 13.1. The molecule has 1 atom stereocenters. The van der Waals surface area contributed by atoms with Crippen LogP contribution in [0.2, 0.25) is 0 Å². The topological polar surface area (TPSA) is 78.0 Å². The summed E-state index contributed by atoms with van der Waals surface area (Å²) in [6.45, 7) is -0.377. The molecule has 0 amide bonds. The van der Waals surface area contributed by atoms with Crippen molar-refractivity contribution in [2.75, 3.05) is 12.4 Å². The molecule has 0 aliphatic carbocycles. The first-order valence-electron chi connectivity index (χ1n) is 5.24. The van der Waals surface area contributed by atoms with E-state index in [9.17, 15) is 10.2 Å². The van der Waals surface area contributed by atoms with Gasteiger partial charge in [0.1, 0.15) is 10.7 Å². The molecule has 2 heterocycles. The van der Waals surface area contributed by atoms with E-state index in [2.05, 4.69) is 4.98 Å². The van der Waals surface area contributed by atoms with Gasteiger partial charge in [-0.2, -0.15) is 0 Å². The minimum Gasteiger partial charge on any atom is -0.394 e. The number of rotatable bonds is 5. The smallest absolute Gasteiger partial charge is 0.138 e. The molecule has 6 heteroatoms. The van der Waals surface area contributed by atoms with E-state index in [0.717, 1.165) is 5.65 Å². The molecule has 0 aliphatic rings. The summed E-state index contributed by atoms with van der Waals surface area (Å²) in [6.07, 6.45) is 1.07. The van der Waals surface area contributed by atoms with E-state index in [1.165, 1.54) is 11.8 Å². The zero-order valence-electron chi connectivity index (χ0n) is 9.15. The van der Waals surface area contributed by atoms with Gasteiger partial charge < -0.3 is 19.7 Å². The van der Waals surface area contributed by atoms with E-state index in [4.69, 9.17) is 5.11 Å². The molecule has 0 saturated carbocycles. The lowest BCUT2D eigenvalue weighted by Gasteiger charge is -2.05. The van der Waals surface area contributed by atoms with E-state index in [1.807, 2.05) is 28.8 Å². The number of nitrogens with zero attached hydrogens (tertiary/aromatic N) is 2. The zero-order chi connectivity index (χ0) is 12.3. The van der Waals surface area contributed by atoms with E-state index < -0.39 is 6.10 Å². The summed E-state index contributed by atoms with van der Waals surface area (Å²) in [5, 5.41) is 28.1. The highest BCUT2D eigenvalue weighted by molar-refractivity contribution is 7.99. The molecule has 17 heavy (non-hydrogen) atoms. The van der Waals surface area contributed by atoms with Gasteiger partial charge in [-0.1, -0.05) is 6.07 Å². The molecule has 2 aromatic rings. The van der Waals surface area contributed by atoms with Crippen LogP contribution < -0.4 is 0 Å². The molecular weight excluding hydrogens is 240 g/mol. The summed E-state index contributed by atoms with van der Waals surface area (Å²) in [5.74, 6) is 0.355. The molecule has 0 aromatic carbocycles. The number of hydrogen-bond acceptors (Lipinski definition) is 5. The maximum atomic E-state index is 9.34. The number of hydrogen-bond donors (Lipinski definition) is 3. The number of aromatic nitrogens is 2. The van der Waals surface area contributed by atoms with Crippen molar-refractivity contribution >= 4 is 17.4 Å². The number of fused-ring (bicyclic) bond motifs is 1. The van der Waals surface area contributed by atoms with Gasteiger partial charge in [-0.25, -0.2) is 4.98 Å². The van der Waals surface area contributed by atoms with Crippen LogP contribution in [0.5, 0.6) is 0 Å². The fourth-order valence-corrected chi connectivity index (χ4v) is 2.46. The van der Waals surface area contributed by atoms with Gasteiger partial charge >= 0.3 is 0 Å². The summed E-state index contributed by atoms with van der Waals surface area (Å²) in [4.78, 5) is 4.36. The Morgan fingerprint density at radius 2 is 2.18 bits per heavy atom. The Morgan fingerprint density at radius 1 is 1.35 bits per heavy atom. The van der Waals surface area contributed by atoms with Gasteiger partial charge in [0, 0.05) is 11.9 Å². The van der Waals surface area contributed by atoms with Gasteiger partial charge in [0.25, 0.3) is 0 Å². The summed E-state index contributed by atoms with van der Waals surface area (Å²) in [6, 6.07) is 5.59. The number of aliphatic hydroxyl groups is 3. The molecule has 0 spiro atoms. The maximum absolute atomic E-state index is 9.34. The zero-order valence-corrected chi connectivity index (χ0v) is 9.97. The van der Waals surface area contributed by atoms with Gasteiger partial charge in [-0.3, -0.25) is 0 Å². The third-order valence-corrected chi connectivity index (χ3v) is 3.52. The molecule has 5 nitrogen and oxygen atoms in total. The Balaban J connectivity index is 2.27. The number of thioether (sulfide) groups is 1. The van der Waals surface area contributed by atoms with Crippen LogP contribution in [-0.2, 0) is 6.61 Å². The quantitative estimate of drug-likeness (QED) is 0.668. The summed E-state index contributed by atoms with van der Waals surface area (Å²) in [5.41, 5.74) is 1.47. The first-order valence-corrected chi connectivity index (χ1v) is 6.23. The second-order valence-electron chi connectivity index (χ2n) is 3.60. The van der Waals surface area contributed by atoms with Crippen LogP contribution in [0, 0.1) is 0 Å². The van der Waals surface area contributed by atoms with E-state index in [1.54, 1.807) is 0 Å². The lowest BCUT2D eigenvalue weighted by Crippen LogP contribution is -2.14. The van der Waals surface area contributed by atoms with Crippen molar-refractivity contribution in [3.63, 3.8) is 0 Å². The molecule has 3 N–H and O–H groups in total. The van der Waals surface area contributed by atoms with Crippen molar-refractivity contribution in [2.24, 2.45) is 0 Å². The molecule has 2 rings (SSSR count). The summed E-state index contributed by atoms with van der Waals surface area (Å²) < 4.78 is 1.81. The summed E-state index contributed by atoms with van der Waals surface area (Å²) in [7, 11) is 0. The minimum atomic E-state index is -0.767. The maximum Gasteiger partial charge on any atom is 0.138 e. The molecular formula is C11H14N2O3S. The van der Waals surface area contributed by atoms with Gasteiger partial charge in [-0.05, 0) is 12.1 Å². The Labute approximate surface area is 103 Å². The molecule has 0 bridgehead atoms. The van der Waals surface area contributed by atoms with Gasteiger partial charge in [-0.15, -0.1) is 11.8 Å². The van der Waals surface area contributed by atoms with Crippen LogP contribution in [0.25, 0.3) is 5.65 Å². The lowest BCUT2D eigenvalue weighted by atomic mass is 10.4. The van der Waals surface area contributed by atoms with Crippen LogP contribution in [-0.4, -0.2) is 43.2 Å². The summed E-state index contributed by atoms with van der Waals surface area (Å²) >= 11 is 1.33. The van der Waals surface area contributed by atoms with Crippen molar-refractivity contribution in [3.05, 3.63) is 30.1 Å². The fraction of sp³-hybridized carbons (Fsp3) is 0.364. The average Bonchev–Trinajstić information content (AvgIpc) is 2.73. The van der Waals surface area contributed by atoms with E-state index in [0.29, 0.717) is 16.5 Å². The average molecular weight is 254 g/mol.